The van der Waals surface area contributed by atoms with Gasteiger partial charge in [0.25, 0.3) is 5.91 Å². The van der Waals surface area contributed by atoms with E-state index in [2.05, 4.69) is 36.5 Å². The summed E-state index contributed by atoms with van der Waals surface area (Å²) in [6.07, 6.45) is 2.81. The Hall–Kier alpha value is -2.73. The Morgan fingerprint density at radius 2 is 1.93 bits per heavy atom. The van der Waals surface area contributed by atoms with Crippen LogP contribution in [0.15, 0.2) is 42.6 Å². The van der Waals surface area contributed by atoms with Crippen LogP contribution in [-0.2, 0) is 0 Å². The first-order chi connectivity index (χ1) is 13.1. The smallest absolute Gasteiger partial charge is 0.252 e. The highest BCUT2D eigenvalue weighted by Crippen LogP contribution is 2.26. The molecule has 0 aliphatic heterocycles. The molecule has 2 heterocycles. The van der Waals surface area contributed by atoms with E-state index in [9.17, 15) is 4.79 Å². The fourth-order valence-electron chi connectivity index (χ4n) is 3.00. The first kappa shape index (κ1) is 19.0. The van der Waals surface area contributed by atoms with E-state index in [1.165, 1.54) is 0 Å². The van der Waals surface area contributed by atoms with Crippen LogP contribution in [0.4, 0.5) is 0 Å². The lowest BCUT2D eigenvalue weighted by molar-refractivity contribution is 0.0955. The third-order valence-electron chi connectivity index (χ3n) is 4.38. The molecule has 0 unspecified atom stereocenters. The zero-order valence-corrected chi connectivity index (χ0v) is 16.2. The van der Waals surface area contributed by atoms with Gasteiger partial charge in [-0.05, 0) is 32.9 Å². The Kier molecular flexibility index (Phi) is 6.19. The molecular formula is C21H27N5O. The predicted molar refractivity (Wildman–Crippen MR) is 109 cm³/mol. The van der Waals surface area contributed by atoms with Crippen LogP contribution in [0.2, 0.25) is 0 Å². The molecule has 6 nitrogen and oxygen atoms in total. The molecular weight excluding hydrogens is 338 g/mol. The molecule has 0 bridgehead atoms. The van der Waals surface area contributed by atoms with E-state index < -0.39 is 0 Å². The van der Waals surface area contributed by atoms with Crippen LogP contribution in [0.5, 0.6) is 0 Å². The van der Waals surface area contributed by atoms with E-state index in [1.807, 2.05) is 41.1 Å². The molecule has 0 aliphatic rings. The number of hydrogen-bond acceptors (Lipinski definition) is 4. The molecule has 0 atom stereocenters. The van der Waals surface area contributed by atoms with Crippen molar-refractivity contribution in [1.29, 1.82) is 0 Å². The fourth-order valence-corrected chi connectivity index (χ4v) is 3.00. The number of aromatic nitrogens is 3. The summed E-state index contributed by atoms with van der Waals surface area (Å²) < 4.78 is 1.86. The van der Waals surface area contributed by atoms with Crippen molar-refractivity contribution >= 4 is 16.9 Å². The zero-order valence-electron chi connectivity index (χ0n) is 16.2. The minimum atomic E-state index is -0.0961. The predicted octanol–water partition coefficient (Wildman–Crippen LogP) is 3.41. The summed E-state index contributed by atoms with van der Waals surface area (Å²) in [7, 11) is 0. The van der Waals surface area contributed by atoms with Gasteiger partial charge < -0.3 is 10.6 Å². The highest BCUT2D eigenvalue weighted by atomic mass is 16.1. The second kappa shape index (κ2) is 8.77. The summed E-state index contributed by atoms with van der Waals surface area (Å²) >= 11 is 0. The van der Waals surface area contributed by atoms with Crippen molar-refractivity contribution in [1.82, 2.24) is 25.4 Å². The number of hydrogen-bond donors (Lipinski definition) is 2. The Labute approximate surface area is 160 Å². The second-order valence-corrected chi connectivity index (χ2v) is 6.85. The summed E-state index contributed by atoms with van der Waals surface area (Å²) in [5.74, 6) is -0.0961. The second-order valence-electron chi connectivity index (χ2n) is 6.85. The molecule has 0 spiro atoms. The first-order valence-corrected chi connectivity index (χ1v) is 9.54. The van der Waals surface area contributed by atoms with Crippen LogP contribution in [0, 0.1) is 0 Å². The van der Waals surface area contributed by atoms with Crippen molar-refractivity contribution in [3.63, 3.8) is 0 Å². The third kappa shape index (κ3) is 4.34. The van der Waals surface area contributed by atoms with Crippen LogP contribution in [0.3, 0.4) is 0 Å². The van der Waals surface area contributed by atoms with E-state index in [0.717, 1.165) is 41.8 Å². The van der Waals surface area contributed by atoms with Gasteiger partial charge in [0, 0.05) is 24.7 Å². The number of fused-ring (bicyclic) bond motifs is 1. The molecule has 3 aromatic rings. The van der Waals surface area contributed by atoms with Gasteiger partial charge in [0.2, 0.25) is 0 Å². The summed E-state index contributed by atoms with van der Waals surface area (Å²) in [6, 6.07) is 11.9. The molecule has 2 N–H and O–H groups in total. The van der Waals surface area contributed by atoms with E-state index >= 15 is 0 Å². The maximum atomic E-state index is 12.9. The van der Waals surface area contributed by atoms with Gasteiger partial charge in [-0.25, -0.2) is 9.67 Å². The standard InChI is InChI=1S/C21H27N5O/c1-4-10-22-11-12-23-21(27)17-13-19(16-8-6-5-7-9-16)25-20-18(17)14-24-26(20)15(2)3/h5-9,13-15,22H,4,10-12H2,1-3H3,(H,23,27). The SMILES string of the molecule is CCCNCCNC(=O)c1cc(-c2ccccc2)nc2c1cnn2C(C)C. The summed E-state index contributed by atoms with van der Waals surface area (Å²) in [6.45, 7) is 8.53. The number of pyridine rings is 1. The Bertz CT molecular complexity index is 902. The maximum absolute atomic E-state index is 12.9. The average molecular weight is 365 g/mol. The van der Waals surface area contributed by atoms with Gasteiger partial charge in [0.1, 0.15) is 0 Å². The number of rotatable bonds is 8. The molecule has 3 rings (SSSR count). The van der Waals surface area contributed by atoms with Gasteiger partial charge >= 0.3 is 0 Å². The van der Waals surface area contributed by atoms with Crippen molar-refractivity contribution in [2.24, 2.45) is 0 Å². The number of benzene rings is 1. The molecule has 0 aliphatic carbocycles. The van der Waals surface area contributed by atoms with Crippen molar-refractivity contribution in [2.75, 3.05) is 19.6 Å². The molecule has 0 fully saturated rings. The highest BCUT2D eigenvalue weighted by Gasteiger charge is 2.18. The van der Waals surface area contributed by atoms with E-state index in [4.69, 9.17) is 4.98 Å². The van der Waals surface area contributed by atoms with E-state index in [0.29, 0.717) is 12.1 Å². The van der Waals surface area contributed by atoms with Gasteiger partial charge in [0.05, 0.1) is 22.8 Å². The van der Waals surface area contributed by atoms with Crippen molar-refractivity contribution < 1.29 is 4.79 Å². The quantitative estimate of drug-likeness (QED) is 0.600. The topological polar surface area (TPSA) is 71.8 Å². The first-order valence-electron chi connectivity index (χ1n) is 9.54. The Morgan fingerprint density at radius 1 is 1.15 bits per heavy atom. The van der Waals surface area contributed by atoms with Gasteiger partial charge in [-0.2, -0.15) is 5.10 Å². The summed E-state index contributed by atoms with van der Waals surface area (Å²) in [5.41, 5.74) is 3.11. The lowest BCUT2D eigenvalue weighted by Crippen LogP contribution is -2.32. The Morgan fingerprint density at radius 3 is 2.63 bits per heavy atom. The molecule has 27 heavy (non-hydrogen) atoms. The van der Waals surface area contributed by atoms with E-state index in [-0.39, 0.29) is 11.9 Å². The fraction of sp³-hybridized carbons (Fsp3) is 0.381. The lowest BCUT2D eigenvalue weighted by atomic mass is 10.1. The van der Waals surface area contributed by atoms with Crippen molar-refractivity contribution in [2.45, 2.75) is 33.2 Å². The highest BCUT2D eigenvalue weighted by molar-refractivity contribution is 6.06. The average Bonchev–Trinajstić information content (AvgIpc) is 3.12. The third-order valence-corrected chi connectivity index (χ3v) is 4.38. The molecule has 0 radical (unpaired) electrons. The van der Waals surface area contributed by atoms with Gasteiger partial charge in [-0.3, -0.25) is 4.79 Å². The molecule has 6 heteroatoms. The maximum Gasteiger partial charge on any atom is 0.252 e. The molecule has 142 valence electrons. The van der Waals surface area contributed by atoms with Crippen molar-refractivity contribution in [3.05, 3.63) is 48.2 Å². The summed E-state index contributed by atoms with van der Waals surface area (Å²) in [5, 5.41) is 11.5. The van der Waals surface area contributed by atoms with Gasteiger partial charge in [-0.15, -0.1) is 0 Å². The van der Waals surface area contributed by atoms with Gasteiger partial charge in [0.15, 0.2) is 5.65 Å². The molecule has 0 saturated carbocycles. The largest absolute Gasteiger partial charge is 0.351 e. The molecule has 1 amide bonds. The van der Waals surface area contributed by atoms with Crippen molar-refractivity contribution in [3.8, 4) is 11.3 Å². The summed E-state index contributed by atoms with van der Waals surface area (Å²) in [4.78, 5) is 17.6. The number of amides is 1. The van der Waals surface area contributed by atoms with Crippen LogP contribution in [0.25, 0.3) is 22.3 Å². The van der Waals surface area contributed by atoms with Gasteiger partial charge in [-0.1, -0.05) is 37.3 Å². The number of nitrogens with zero attached hydrogens (tertiary/aromatic N) is 3. The minimum absolute atomic E-state index is 0.0961. The van der Waals surface area contributed by atoms with Crippen LogP contribution < -0.4 is 10.6 Å². The minimum Gasteiger partial charge on any atom is -0.351 e. The number of carbonyl (C=O) groups excluding carboxylic acids is 1. The van der Waals surface area contributed by atoms with Crippen LogP contribution >= 0.6 is 0 Å². The normalized spacial score (nSPS) is 11.3. The van der Waals surface area contributed by atoms with Crippen LogP contribution in [0.1, 0.15) is 43.6 Å². The number of carbonyl (C=O) groups is 1. The molecule has 2 aromatic heterocycles. The van der Waals surface area contributed by atoms with E-state index in [1.54, 1.807) is 6.20 Å². The molecule has 1 aromatic carbocycles. The monoisotopic (exact) mass is 365 g/mol. The zero-order chi connectivity index (χ0) is 19.2. The Balaban J connectivity index is 1.96. The number of nitrogens with one attached hydrogen (secondary N) is 2. The molecule has 0 saturated heterocycles. The lowest BCUT2D eigenvalue weighted by Gasteiger charge is -2.11. The van der Waals surface area contributed by atoms with Crippen LogP contribution in [-0.4, -0.2) is 40.3 Å².